The molecule has 0 radical (unpaired) electrons. The second kappa shape index (κ2) is 8.05. The summed E-state index contributed by atoms with van der Waals surface area (Å²) >= 11 is 0. The van der Waals surface area contributed by atoms with E-state index in [0.29, 0.717) is 11.3 Å². The average Bonchev–Trinajstić information content (AvgIpc) is 2.67. The van der Waals surface area contributed by atoms with E-state index in [1.54, 1.807) is 18.2 Å². The van der Waals surface area contributed by atoms with Crippen LogP contribution in [0.5, 0.6) is 0 Å². The first kappa shape index (κ1) is 18.0. The van der Waals surface area contributed by atoms with Crippen LogP contribution in [0.2, 0.25) is 0 Å². The highest BCUT2D eigenvalue weighted by Crippen LogP contribution is 2.21. The van der Waals surface area contributed by atoms with Gasteiger partial charge in [0.05, 0.1) is 4.92 Å². The molecule has 1 heterocycles. The lowest BCUT2D eigenvalue weighted by Gasteiger charge is -2.11. The Morgan fingerprint density at radius 1 is 1.15 bits per heavy atom. The van der Waals surface area contributed by atoms with Crippen LogP contribution in [0.3, 0.4) is 0 Å². The zero-order valence-corrected chi connectivity index (χ0v) is 14.0. The molecular formula is C19H14FN3O4. The van der Waals surface area contributed by atoms with Gasteiger partial charge < -0.3 is 10.1 Å². The van der Waals surface area contributed by atoms with Gasteiger partial charge in [0.15, 0.2) is 0 Å². The minimum atomic E-state index is -0.659. The number of hydrogen-bond acceptors (Lipinski definition) is 6. The Bertz CT molecular complexity index is 994. The van der Waals surface area contributed by atoms with Crippen LogP contribution in [0.4, 0.5) is 21.6 Å². The Kier molecular flexibility index (Phi) is 5.36. The van der Waals surface area contributed by atoms with Crippen LogP contribution < -0.4 is 5.32 Å². The number of ether oxygens (including phenoxy) is 1. The topological polar surface area (TPSA) is 94.4 Å². The number of nitro benzene ring substituents is 1. The number of hydrogen-bond donors (Lipinski definition) is 1. The van der Waals surface area contributed by atoms with Crippen LogP contribution in [-0.2, 0) is 11.3 Å². The minimum absolute atomic E-state index is 0.0848. The zero-order chi connectivity index (χ0) is 19.2. The summed E-state index contributed by atoms with van der Waals surface area (Å²) < 4.78 is 18.6. The molecule has 0 aliphatic carbocycles. The van der Waals surface area contributed by atoms with Crippen molar-refractivity contribution < 1.29 is 18.8 Å². The van der Waals surface area contributed by atoms with Crippen molar-refractivity contribution in [3.8, 4) is 0 Å². The Morgan fingerprint density at radius 2 is 1.96 bits per heavy atom. The van der Waals surface area contributed by atoms with Crippen molar-refractivity contribution in [1.29, 1.82) is 0 Å². The maximum Gasteiger partial charge on any atom is 0.342 e. The van der Waals surface area contributed by atoms with E-state index in [1.807, 2.05) is 0 Å². The average molecular weight is 367 g/mol. The zero-order valence-electron chi connectivity index (χ0n) is 14.0. The van der Waals surface area contributed by atoms with E-state index >= 15 is 0 Å². The molecule has 3 rings (SSSR count). The molecule has 0 saturated heterocycles. The van der Waals surface area contributed by atoms with Gasteiger partial charge >= 0.3 is 5.97 Å². The lowest BCUT2D eigenvalue weighted by molar-refractivity contribution is -0.384. The van der Waals surface area contributed by atoms with Gasteiger partial charge in [0, 0.05) is 24.0 Å². The number of non-ortho nitro benzene ring substituents is 1. The Labute approximate surface area is 153 Å². The van der Waals surface area contributed by atoms with Gasteiger partial charge in [-0.3, -0.25) is 10.1 Å². The minimum Gasteiger partial charge on any atom is -0.457 e. The highest BCUT2D eigenvalue weighted by molar-refractivity contribution is 5.95. The van der Waals surface area contributed by atoms with Gasteiger partial charge in [-0.25, -0.2) is 14.2 Å². The van der Waals surface area contributed by atoms with Crippen molar-refractivity contribution in [2.45, 2.75) is 6.61 Å². The maximum atomic E-state index is 13.3. The first-order valence-corrected chi connectivity index (χ1v) is 7.91. The fourth-order valence-electron chi connectivity index (χ4n) is 2.36. The molecule has 0 unspecified atom stereocenters. The van der Waals surface area contributed by atoms with Crippen molar-refractivity contribution in [2.24, 2.45) is 0 Å². The molecule has 1 N–H and O–H groups in total. The summed E-state index contributed by atoms with van der Waals surface area (Å²) in [6.45, 7) is -0.130. The standard InChI is InChI=1S/C19H14FN3O4/c20-14-5-2-6-15(11-14)22-18-17(8-3-9-21-18)19(24)27-12-13-4-1-7-16(10-13)23(25)26/h1-11H,12H2,(H,21,22). The second-order valence-corrected chi connectivity index (χ2v) is 5.54. The van der Waals surface area contributed by atoms with Crippen LogP contribution in [0, 0.1) is 15.9 Å². The van der Waals surface area contributed by atoms with E-state index in [0.717, 1.165) is 0 Å². The van der Waals surface area contributed by atoms with Crippen LogP contribution in [-0.4, -0.2) is 15.9 Å². The second-order valence-electron chi connectivity index (χ2n) is 5.54. The van der Waals surface area contributed by atoms with Crippen LogP contribution in [0.1, 0.15) is 15.9 Å². The van der Waals surface area contributed by atoms with Crippen molar-refractivity contribution in [3.05, 3.63) is 93.9 Å². The van der Waals surface area contributed by atoms with E-state index < -0.39 is 16.7 Å². The predicted molar refractivity (Wildman–Crippen MR) is 96.1 cm³/mol. The van der Waals surface area contributed by atoms with Gasteiger partial charge in [-0.2, -0.15) is 0 Å². The number of rotatable bonds is 6. The summed E-state index contributed by atoms with van der Waals surface area (Å²) in [5, 5.41) is 13.7. The number of pyridine rings is 1. The molecule has 0 aliphatic heterocycles. The summed E-state index contributed by atoms with van der Waals surface area (Å²) in [6.07, 6.45) is 1.49. The number of nitrogens with one attached hydrogen (secondary N) is 1. The van der Waals surface area contributed by atoms with E-state index in [9.17, 15) is 19.3 Å². The van der Waals surface area contributed by atoms with Crippen LogP contribution >= 0.6 is 0 Å². The monoisotopic (exact) mass is 367 g/mol. The summed E-state index contributed by atoms with van der Waals surface area (Å²) in [5.74, 6) is -0.869. The first-order valence-electron chi connectivity index (χ1n) is 7.91. The summed E-state index contributed by atoms with van der Waals surface area (Å²) in [5.41, 5.74) is 0.994. The number of carbonyl (C=O) groups excluding carboxylic acids is 1. The Hall–Kier alpha value is -3.81. The van der Waals surface area contributed by atoms with Gasteiger partial charge in [0.25, 0.3) is 5.69 Å². The van der Waals surface area contributed by atoms with Gasteiger partial charge in [-0.15, -0.1) is 0 Å². The van der Waals surface area contributed by atoms with E-state index in [2.05, 4.69) is 10.3 Å². The largest absolute Gasteiger partial charge is 0.457 e. The normalized spacial score (nSPS) is 10.3. The fourth-order valence-corrected chi connectivity index (χ4v) is 2.36. The smallest absolute Gasteiger partial charge is 0.342 e. The maximum absolute atomic E-state index is 13.3. The molecule has 7 nitrogen and oxygen atoms in total. The lowest BCUT2D eigenvalue weighted by Crippen LogP contribution is -2.09. The molecule has 0 aliphatic rings. The number of benzene rings is 2. The molecule has 0 bridgehead atoms. The van der Waals surface area contributed by atoms with E-state index in [1.165, 1.54) is 48.7 Å². The third-order valence-corrected chi connectivity index (χ3v) is 3.61. The molecular weight excluding hydrogens is 353 g/mol. The number of nitro groups is 1. The van der Waals surface area contributed by atoms with Crippen LogP contribution in [0.25, 0.3) is 0 Å². The lowest BCUT2D eigenvalue weighted by atomic mass is 10.2. The van der Waals surface area contributed by atoms with Crippen LogP contribution in [0.15, 0.2) is 66.9 Å². The van der Waals surface area contributed by atoms with Gasteiger partial charge in [-0.1, -0.05) is 18.2 Å². The molecule has 0 saturated carbocycles. The highest BCUT2D eigenvalue weighted by Gasteiger charge is 2.15. The number of nitrogens with zero attached hydrogens (tertiary/aromatic N) is 2. The van der Waals surface area contributed by atoms with Crippen molar-refractivity contribution in [1.82, 2.24) is 4.98 Å². The molecule has 0 amide bonds. The molecule has 27 heavy (non-hydrogen) atoms. The molecule has 136 valence electrons. The molecule has 0 spiro atoms. The first-order chi connectivity index (χ1) is 13.0. The molecule has 0 atom stereocenters. The van der Waals surface area contributed by atoms with Crippen molar-refractivity contribution in [2.75, 3.05) is 5.32 Å². The molecule has 0 fully saturated rings. The van der Waals surface area contributed by atoms with E-state index in [4.69, 9.17) is 4.74 Å². The molecule has 1 aromatic heterocycles. The Balaban J connectivity index is 1.73. The van der Waals surface area contributed by atoms with E-state index in [-0.39, 0.29) is 23.7 Å². The molecule has 3 aromatic rings. The highest BCUT2D eigenvalue weighted by atomic mass is 19.1. The summed E-state index contributed by atoms with van der Waals surface area (Å²) in [7, 11) is 0. The van der Waals surface area contributed by atoms with Crippen molar-refractivity contribution >= 4 is 23.2 Å². The number of halogens is 1. The fraction of sp³-hybridized carbons (Fsp3) is 0.0526. The van der Waals surface area contributed by atoms with Gasteiger partial charge in [0.2, 0.25) is 0 Å². The molecule has 2 aromatic carbocycles. The summed E-state index contributed by atoms with van der Waals surface area (Å²) in [6, 6.07) is 14.7. The molecule has 8 heteroatoms. The van der Waals surface area contributed by atoms with Crippen molar-refractivity contribution in [3.63, 3.8) is 0 Å². The predicted octanol–water partition coefficient (Wildman–Crippen LogP) is 4.23. The third-order valence-electron chi connectivity index (χ3n) is 3.61. The van der Waals surface area contributed by atoms with Gasteiger partial charge in [0.1, 0.15) is 23.8 Å². The number of anilines is 2. The number of aromatic nitrogens is 1. The Morgan fingerprint density at radius 3 is 2.74 bits per heavy atom. The quantitative estimate of drug-likeness (QED) is 0.398. The SMILES string of the molecule is O=C(OCc1cccc([N+](=O)[O-])c1)c1cccnc1Nc1cccc(F)c1. The number of carbonyl (C=O) groups is 1. The summed E-state index contributed by atoms with van der Waals surface area (Å²) in [4.78, 5) is 26.8. The third kappa shape index (κ3) is 4.63. The number of esters is 1. The van der Waals surface area contributed by atoms with Gasteiger partial charge in [-0.05, 0) is 35.9 Å².